The molecular weight excluding hydrogens is 222 g/mol. The maximum absolute atomic E-state index is 4.50. The molecule has 1 heterocycles. The van der Waals surface area contributed by atoms with Gasteiger partial charge in [-0.15, -0.1) is 0 Å². The second kappa shape index (κ2) is 5.36. The van der Waals surface area contributed by atoms with Gasteiger partial charge in [0.15, 0.2) is 0 Å². The van der Waals surface area contributed by atoms with Crippen LogP contribution in [0.25, 0.3) is 5.69 Å². The molecule has 3 nitrogen and oxygen atoms in total. The van der Waals surface area contributed by atoms with Crippen LogP contribution < -0.4 is 5.32 Å². The fourth-order valence-corrected chi connectivity index (χ4v) is 1.98. The Kier molecular flexibility index (Phi) is 3.82. The number of para-hydroxylation sites is 1. The summed E-state index contributed by atoms with van der Waals surface area (Å²) in [5.74, 6) is 0. The lowest BCUT2D eigenvalue weighted by Crippen LogP contribution is -2.22. The number of aryl methyl sites for hydroxylation is 1. The van der Waals surface area contributed by atoms with E-state index in [0.717, 1.165) is 12.2 Å². The van der Waals surface area contributed by atoms with Crippen LogP contribution >= 0.6 is 0 Å². The van der Waals surface area contributed by atoms with Gasteiger partial charge >= 0.3 is 0 Å². The molecule has 18 heavy (non-hydrogen) atoms. The number of nitrogens with zero attached hydrogens (tertiary/aromatic N) is 2. The number of benzene rings is 1. The predicted molar refractivity (Wildman–Crippen MR) is 75.0 cm³/mol. The van der Waals surface area contributed by atoms with Crippen molar-refractivity contribution in [3.05, 3.63) is 47.3 Å². The fourth-order valence-electron chi connectivity index (χ4n) is 1.98. The Morgan fingerprint density at radius 1 is 1.22 bits per heavy atom. The van der Waals surface area contributed by atoms with E-state index in [2.05, 4.69) is 62.4 Å². The van der Waals surface area contributed by atoms with Crippen molar-refractivity contribution < 1.29 is 0 Å². The van der Waals surface area contributed by atoms with Crippen LogP contribution in [0.4, 0.5) is 0 Å². The van der Waals surface area contributed by atoms with E-state index in [1.54, 1.807) is 0 Å². The molecule has 0 unspecified atom stereocenters. The van der Waals surface area contributed by atoms with Crippen molar-refractivity contribution >= 4 is 0 Å². The normalized spacial score (nSPS) is 11.2. The molecule has 1 aromatic carbocycles. The monoisotopic (exact) mass is 243 g/mol. The summed E-state index contributed by atoms with van der Waals surface area (Å²) in [6.07, 6.45) is 1.96. The molecule has 2 aromatic rings. The number of rotatable bonds is 4. The van der Waals surface area contributed by atoms with Crippen molar-refractivity contribution in [3.63, 3.8) is 0 Å². The Hall–Kier alpha value is -1.61. The fraction of sp³-hybridized carbons (Fsp3) is 0.400. The maximum Gasteiger partial charge on any atom is 0.0677 e. The second-order valence-corrected chi connectivity index (χ2v) is 4.99. The van der Waals surface area contributed by atoms with Crippen molar-refractivity contribution in [3.8, 4) is 5.69 Å². The Morgan fingerprint density at radius 3 is 2.61 bits per heavy atom. The SMILES string of the molecule is Cc1ccccc1-n1ncc(CNC(C)C)c1C. The summed E-state index contributed by atoms with van der Waals surface area (Å²) in [6, 6.07) is 8.82. The number of nitrogens with one attached hydrogen (secondary N) is 1. The lowest BCUT2D eigenvalue weighted by Gasteiger charge is -2.10. The largest absolute Gasteiger partial charge is 0.310 e. The highest BCUT2D eigenvalue weighted by Gasteiger charge is 2.09. The van der Waals surface area contributed by atoms with E-state index in [1.807, 2.05) is 10.9 Å². The molecule has 0 aliphatic carbocycles. The molecule has 0 atom stereocenters. The molecule has 0 aliphatic rings. The molecule has 0 bridgehead atoms. The Labute approximate surface area is 109 Å². The molecular formula is C15H21N3. The van der Waals surface area contributed by atoms with E-state index in [0.29, 0.717) is 6.04 Å². The lowest BCUT2D eigenvalue weighted by atomic mass is 10.2. The molecule has 0 spiro atoms. The predicted octanol–water partition coefficient (Wildman–Crippen LogP) is 2.99. The van der Waals surface area contributed by atoms with Crippen LogP contribution in [0.1, 0.15) is 30.7 Å². The zero-order valence-corrected chi connectivity index (χ0v) is 11.6. The van der Waals surface area contributed by atoms with Gasteiger partial charge in [0.25, 0.3) is 0 Å². The molecule has 0 aliphatic heterocycles. The smallest absolute Gasteiger partial charge is 0.0677 e. The summed E-state index contributed by atoms with van der Waals surface area (Å²) in [7, 11) is 0. The van der Waals surface area contributed by atoms with Crippen molar-refractivity contribution in [1.82, 2.24) is 15.1 Å². The Bertz CT molecular complexity index is 526. The number of hydrogen-bond acceptors (Lipinski definition) is 2. The molecule has 3 heteroatoms. The molecule has 1 N–H and O–H groups in total. The molecule has 0 fully saturated rings. The van der Waals surface area contributed by atoms with E-state index in [1.165, 1.54) is 16.8 Å². The molecule has 0 radical (unpaired) electrons. The standard InChI is InChI=1S/C15H21N3/c1-11(2)16-9-14-10-17-18(13(14)4)15-8-6-5-7-12(15)3/h5-8,10-11,16H,9H2,1-4H3. The molecule has 0 saturated carbocycles. The third-order valence-corrected chi connectivity index (χ3v) is 3.16. The molecule has 2 rings (SSSR count). The molecule has 1 aromatic heterocycles. The van der Waals surface area contributed by atoms with E-state index in [4.69, 9.17) is 0 Å². The summed E-state index contributed by atoms with van der Waals surface area (Å²) >= 11 is 0. The van der Waals surface area contributed by atoms with Crippen molar-refractivity contribution in [2.75, 3.05) is 0 Å². The van der Waals surface area contributed by atoms with Gasteiger partial charge in [-0.1, -0.05) is 32.0 Å². The van der Waals surface area contributed by atoms with Gasteiger partial charge in [0, 0.05) is 23.8 Å². The van der Waals surface area contributed by atoms with Crippen LogP contribution in [0.3, 0.4) is 0 Å². The van der Waals surface area contributed by atoms with Gasteiger partial charge in [-0.3, -0.25) is 0 Å². The first-order valence-electron chi connectivity index (χ1n) is 6.42. The average molecular weight is 243 g/mol. The van der Waals surface area contributed by atoms with Crippen LogP contribution in [-0.4, -0.2) is 15.8 Å². The Morgan fingerprint density at radius 2 is 1.94 bits per heavy atom. The highest BCUT2D eigenvalue weighted by Crippen LogP contribution is 2.17. The van der Waals surface area contributed by atoms with E-state index < -0.39 is 0 Å². The summed E-state index contributed by atoms with van der Waals surface area (Å²) < 4.78 is 2.02. The van der Waals surface area contributed by atoms with Crippen molar-refractivity contribution in [1.29, 1.82) is 0 Å². The summed E-state index contributed by atoms with van der Waals surface area (Å²) in [6.45, 7) is 9.41. The second-order valence-electron chi connectivity index (χ2n) is 4.99. The number of aromatic nitrogens is 2. The first kappa shape index (κ1) is 12.8. The minimum atomic E-state index is 0.492. The minimum Gasteiger partial charge on any atom is -0.310 e. The average Bonchev–Trinajstić information content (AvgIpc) is 2.69. The van der Waals surface area contributed by atoms with Crippen LogP contribution in [0.2, 0.25) is 0 Å². The summed E-state index contributed by atoms with van der Waals surface area (Å²) in [4.78, 5) is 0. The van der Waals surface area contributed by atoms with Gasteiger partial charge in [-0.2, -0.15) is 5.10 Å². The van der Waals surface area contributed by atoms with Gasteiger partial charge in [0.2, 0.25) is 0 Å². The molecule has 0 amide bonds. The quantitative estimate of drug-likeness (QED) is 0.894. The van der Waals surface area contributed by atoms with Gasteiger partial charge in [0.05, 0.1) is 11.9 Å². The molecule has 0 saturated heterocycles. The first-order chi connectivity index (χ1) is 8.59. The summed E-state index contributed by atoms with van der Waals surface area (Å²) in [5.41, 5.74) is 4.86. The molecule has 96 valence electrons. The maximum atomic E-state index is 4.50. The van der Waals surface area contributed by atoms with Gasteiger partial charge < -0.3 is 5.32 Å². The van der Waals surface area contributed by atoms with Crippen LogP contribution in [0.5, 0.6) is 0 Å². The van der Waals surface area contributed by atoms with Crippen molar-refractivity contribution in [2.24, 2.45) is 0 Å². The van der Waals surface area contributed by atoms with Gasteiger partial charge in [-0.25, -0.2) is 4.68 Å². The van der Waals surface area contributed by atoms with Crippen LogP contribution in [0, 0.1) is 13.8 Å². The topological polar surface area (TPSA) is 29.9 Å². The third-order valence-electron chi connectivity index (χ3n) is 3.16. The lowest BCUT2D eigenvalue weighted by molar-refractivity contribution is 0.587. The third kappa shape index (κ3) is 2.62. The van der Waals surface area contributed by atoms with Gasteiger partial charge in [-0.05, 0) is 25.5 Å². The van der Waals surface area contributed by atoms with Crippen LogP contribution in [-0.2, 0) is 6.54 Å². The zero-order valence-electron chi connectivity index (χ0n) is 11.6. The zero-order chi connectivity index (χ0) is 13.1. The minimum absolute atomic E-state index is 0.492. The highest BCUT2D eigenvalue weighted by atomic mass is 15.3. The van der Waals surface area contributed by atoms with E-state index in [-0.39, 0.29) is 0 Å². The summed E-state index contributed by atoms with van der Waals surface area (Å²) in [5, 5.41) is 7.93. The van der Waals surface area contributed by atoms with E-state index >= 15 is 0 Å². The highest BCUT2D eigenvalue weighted by molar-refractivity contribution is 5.41. The Balaban J connectivity index is 2.28. The first-order valence-corrected chi connectivity index (χ1v) is 6.42. The van der Waals surface area contributed by atoms with Crippen LogP contribution in [0.15, 0.2) is 30.5 Å². The van der Waals surface area contributed by atoms with Crippen molar-refractivity contribution in [2.45, 2.75) is 40.3 Å². The number of hydrogen-bond donors (Lipinski definition) is 1. The van der Waals surface area contributed by atoms with Gasteiger partial charge in [0.1, 0.15) is 0 Å². The van der Waals surface area contributed by atoms with E-state index in [9.17, 15) is 0 Å².